The number of carbonyl (C=O) groups excluding carboxylic acids is 1. The highest BCUT2D eigenvalue weighted by Crippen LogP contribution is 2.23. The van der Waals surface area contributed by atoms with Gasteiger partial charge in [0.25, 0.3) is 5.91 Å². The lowest BCUT2D eigenvalue weighted by Crippen LogP contribution is -2.11. The van der Waals surface area contributed by atoms with Crippen molar-refractivity contribution < 1.29 is 4.79 Å². The molecule has 0 bridgehead atoms. The first kappa shape index (κ1) is 17.4. The fraction of sp³-hybridized carbons (Fsp3) is 0.0909. The molecule has 0 aliphatic rings. The molecular formula is C22H19N3OS. The number of benzene rings is 3. The van der Waals surface area contributed by atoms with Crippen molar-refractivity contribution in [1.29, 1.82) is 0 Å². The number of amides is 1. The van der Waals surface area contributed by atoms with Crippen LogP contribution in [0.2, 0.25) is 0 Å². The first-order chi connectivity index (χ1) is 13.2. The van der Waals surface area contributed by atoms with Gasteiger partial charge in [0.15, 0.2) is 0 Å². The van der Waals surface area contributed by atoms with Gasteiger partial charge in [-0.15, -0.1) is 11.8 Å². The number of para-hydroxylation sites is 2. The van der Waals surface area contributed by atoms with E-state index in [9.17, 15) is 4.79 Å². The lowest BCUT2D eigenvalue weighted by molar-refractivity contribution is 0.102. The Hall–Kier alpha value is -3.05. The van der Waals surface area contributed by atoms with E-state index in [1.807, 2.05) is 72.8 Å². The molecule has 1 amide bonds. The molecule has 134 valence electrons. The summed E-state index contributed by atoms with van der Waals surface area (Å²) in [5.74, 6) is 1.69. The summed E-state index contributed by atoms with van der Waals surface area (Å²) in [6.45, 7) is 2.10. The third-order valence-corrected chi connectivity index (χ3v) is 5.09. The zero-order valence-electron chi connectivity index (χ0n) is 14.9. The zero-order chi connectivity index (χ0) is 18.6. The molecule has 4 aromatic rings. The van der Waals surface area contributed by atoms with E-state index in [0.717, 1.165) is 38.8 Å². The molecule has 2 N–H and O–H groups in total. The maximum atomic E-state index is 12.5. The second kappa shape index (κ2) is 7.68. The van der Waals surface area contributed by atoms with Crippen molar-refractivity contribution in [3.63, 3.8) is 0 Å². The molecule has 0 aliphatic carbocycles. The molecule has 0 radical (unpaired) electrons. The van der Waals surface area contributed by atoms with Crippen LogP contribution in [0.3, 0.4) is 0 Å². The molecule has 0 unspecified atom stereocenters. The maximum Gasteiger partial charge on any atom is 0.255 e. The van der Waals surface area contributed by atoms with Crippen LogP contribution in [0.4, 0.5) is 5.69 Å². The van der Waals surface area contributed by atoms with E-state index in [0.29, 0.717) is 5.56 Å². The Balaban J connectivity index is 1.50. The Morgan fingerprint density at radius 2 is 1.85 bits per heavy atom. The van der Waals surface area contributed by atoms with Gasteiger partial charge in [-0.05, 0) is 60.4 Å². The number of H-pyrrole nitrogens is 1. The molecule has 3 aromatic carbocycles. The summed E-state index contributed by atoms with van der Waals surface area (Å²) < 4.78 is 0. The van der Waals surface area contributed by atoms with Gasteiger partial charge in [-0.2, -0.15) is 0 Å². The quantitative estimate of drug-likeness (QED) is 0.448. The summed E-state index contributed by atoms with van der Waals surface area (Å²) in [4.78, 5) is 21.5. The fourth-order valence-corrected chi connectivity index (χ4v) is 3.62. The average Bonchev–Trinajstić information content (AvgIpc) is 3.13. The highest BCUT2D eigenvalue weighted by molar-refractivity contribution is 7.99. The molecule has 0 spiro atoms. The van der Waals surface area contributed by atoms with E-state index in [-0.39, 0.29) is 5.91 Å². The van der Waals surface area contributed by atoms with Crippen LogP contribution in [0, 0.1) is 0 Å². The molecule has 0 atom stereocenters. The minimum absolute atomic E-state index is 0.106. The fourth-order valence-electron chi connectivity index (χ4n) is 2.90. The average molecular weight is 373 g/mol. The molecule has 0 fully saturated rings. The van der Waals surface area contributed by atoms with E-state index in [1.165, 1.54) is 0 Å². The monoisotopic (exact) mass is 373 g/mol. The number of anilines is 1. The number of aromatic nitrogens is 2. The van der Waals surface area contributed by atoms with Crippen molar-refractivity contribution in [2.75, 3.05) is 11.1 Å². The number of rotatable bonds is 5. The standard InChI is InChI=1S/C22H19N3OS/c1-2-27-18-7-5-6-16(14-18)22(26)23-17-12-10-15(11-13-17)21-24-19-8-3-4-9-20(19)25-21/h3-14H,2H2,1H3,(H,23,26)(H,24,25). The molecule has 0 saturated carbocycles. The summed E-state index contributed by atoms with van der Waals surface area (Å²) >= 11 is 1.72. The third kappa shape index (κ3) is 3.88. The van der Waals surface area contributed by atoms with E-state index in [4.69, 9.17) is 0 Å². The molecule has 1 aromatic heterocycles. The van der Waals surface area contributed by atoms with Crippen LogP contribution >= 0.6 is 11.8 Å². The van der Waals surface area contributed by atoms with E-state index in [2.05, 4.69) is 22.2 Å². The topological polar surface area (TPSA) is 57.8 Å². The van der Waals surface area contributed by atoms with E-state index < -0.39 is 0 Å². The molecule has 4 rings (SSSR count). The lowest BCUT2D eigenvalue weighted by Gasteiger charge is -2.07. The van der Waals surface area contributed by atoms with Crippen LogP contribution in [0.1, 0.15) is 17.3 Å². The summed E-state index contributed by atoms with van der Waals surface area (Å²) in [5, 5.41) is 2.95. The maximum absolute atomic E-state index is 12.5. The Bertz CT molecular complexity index is 1050. The molecule has 4 nitrogen and oxygen atoms in total. The number of hydrogen-bond acceptors (Lipinski definition) is 3. The molecule has 5 heteroatoms. The first-order valence-electron chi connectivity index (χ1n) is 8.82. The molecule has 0 saturated heterocycles. The largest absolute Gasteiger partial charge is 0.338 e. The smallest absolute Gasteiger partial charge is 0.255 e. The summed E-state index contributed by atoms with van der Waals surface area (Å²) in [5.41, 5.74) is 4.35. The van der Waals surface area contributed by atoms with Crippen LogP contribution in [-0.2, 0) is 0 Å². The number of carbonyl (C=O) groups is 1. The molecule has 0 aliphatic heterocycles. The van der Waals surface area contributed by atoms with Crippen molar-refractivity contribution in [3.8, 4) is 11.4 Å². The van der Waals surface area contributed by atoms with Crippen LogP contribution in [0.5, 0.6) is 0 Å². The van der Waals surface area contributed by atoms with Gasteiger partial charge >= 0.3 is 0 Å². The normalized spacial score (nSPS) is 10.9. The van der Waals surface area contributed by atoms with Gasteiger partial charge in [-0.25, -0.2) is 4.98 Å². The summed E-state index contributed by atoms with van der Waals surface area (Å²) in [6, 6.07) is 23.3. The zero-order valence-corrected chi connectivity index (χ0v) is 15.7. The first-order valence-corrected chi connectivity index (χ1v) is 9.81. The summed E-state index contributed by atoms with van der Waals surface area (Å²) in [6.07, 6.45) is 0. The van der Waals surface area contributed by atoms with Crippen LogP contribution in [0.15, 0.2) is 77.7 Å². The van der Waals surface area contributed by atoms with Gasteiger partial charge in [0.05, 0.1) is 11.0 Å². The second-order valence-electron chi connectivity index (χ2n) is 6.09. The number of imidazole rings is 1. The number of nitrogens with one attached hydrogen (secondary N) is 2. The number of hydrogen-bond donors (Lipinski definition) is 2. The van der Waals surface area contributed by atoms with Gasteiger partial charge < -0.3 is 10.3 Å². The molecular weight excluding hydrogens is 354 g/mol. The Morgan fingerprint density at radius 3 is 2.63 bits per heavy atom. The minimum atomic E-state index is -0.106. The highest BCUT2D eigenvalue weighted by atomic mass is 32.2. The van der Waals surface area contributed by atoms with E-state index >= 15 is 0 Å². The number of thioether (sulfide) groups is 1. The van der Waals surface area contributed by atoms with Gasteiger partial charge in [0, 0.05) is 21.7 Å². The van der Waals surface area contributed by atoms with Crippen LogP contribution in [0.25, 0.3) is 22.4 Å². The van der Waals surface area contributed by atoms with Gasteiger partial charge in [0.1, 0.15) is 5.82 Å². The highest BCUT2D eigenvalue weighted by Gasteiger charge is 2.08. The van der Waals surface area contributed by atoms with Crippen molar-refractivity contribution in [2.45, 2.75) is 11.8 Å². The SMILES string of the molecule is CCSc1cccc(C(=O)Nc2ccc(-c3nc4ccccc4[nH]3)cc2)c1. The van der Waals surface area contributed by atoms with Gasteiger partial charge in [-0.3, -0.25) is 4.79 Å². The summed E-state index contributed by atoms with van der Waals surface area (Å²) in [7, 11) is 0. The minimum Gasteiger partial charge on any atom is -0.338 e. The predicted molar refractivity (Wildman–Crippen MR) is 112 cm³/mol. The van der Waals surface area contributed by atoms with Crippen molar-refractivity contribution in [1.82, 2.24) is 9.97 Å². The predicted octanol–water partition coefficient (Wildman–Crippen LogP) is 5.59. The molecule has 27 heavy (non-hydrogen) atoms. The van der Waals surface area contributed by atoms with Gasteiger partial charge in [-0.1, -0.05) is 25.1 Å². The van der Waals surface area contributed by atoms with Crippen molar-refractivity contribution in [3.05, 3.63) is 78.4 Å². The Labute approximate surface area is 162 Å². The number of fused-ring (bicyclic) bond motifs is 1. The third-order valence-electron chi connectivity index (χ3n) is 4.21. The number of nitrogens with zero attached hydrogens (tertiary/aromatic N) is 1. The number of aromatic amines is 1. The second-order valence-corrected chi connectivity index (χ2v) is 7.43. The Morgan fingerprint density at radius 1 is 1.04 bits per heavy atom. The lowest BCUT2D eigenvalue weighted by atomic mass is 10.1. The van der Waals surface area contributed by atoms with E-state index in [1.54, 1.807) is 11.8 Å². The van der Waals surface area contributed by atoms with Crippen LogP contribution in [-0.4, -0.2) is 21.6 Å². The van der Waals surface area contributed by atoms with Gasteiger partial charge in [0.2, 0.25) is 0 Å². The van der Waals surface area contributed by atoms with Crippen molar-refractivity contribution in [2.24, 2.45) is 0 Å². The van der Waals surface area contributed by atoms with Crippen LogP contribution < -0.4 is 5.32 Å². The Kier molecular flexibility index (Phi) is 4.94. The molecule has 1 heterocycles. The van der Waals surface area contributed by atoms with Crippen molar-refractivity contribution >= 4 is 34.4 Å².